The summed E-state index contributed by atoms with van der Waals surface area (Å²) >= 11 is 0. The lowest BCUT2D eigenvalue weighted by Crippen LogP contribution is -2.55. The van der Waals surface area contributed by atoms with Gasteiger partial charge < -0.3 is 24.8 Å². The van der Waals surface area contributed by atoms with Gasteiger partial charge in [-0.2, -0.15) is 0 Å². The molecule has 4 heterocycles. The van der Waals surface area contributed by atoms with Crippen LogP contribution in [0.5, 0.6) is 0 Å². The van der Waals surface area contributed by atoms with Crippen molar-refractivity contribution in [3.05, 3.63) is 82.4 Å². The summed E-state index contributed by atoms with van der Waals surface area (Å²) in [4.78, 5) is 38.0. The molecule has 5 rings (SSSR count). The minimum atomic E-state index is -3.04. The second-order valence-electron chi connectivity index (χ2n) is 10.8. The smallest absolute Gasteiger partial charge is 0.264 e. The van der Waals surface area contributed by atoms with Crippen molar-refractivity contribution >= 4 is 23.1 Å². The first-order valence-corrected chi connectivity index (χ1v) is 13.7. The summed E-state index contributed by atoms with van der Waals surface area (Å²) in [6.07, 6.45) is -0.524. The molecule has 0 spiro atoms. The number of H-pyrrole nitrogens is 1. The van der Waals surface area contributed by atoms with E-state index in [4.69, 9.17) is 4.74 Å². The molecule has 2 aliphatic rings. The van der Waals surface area contributed by atoms with Crippen LogP contribution >= 0.6 is 0 Å². The third kappa shape index (κ3) is 5.98. The molecule has 0 unspecified atom stereocenters. The zero-order chi connectivity index (χ0) is 30.1. The number of pyridine rings is 2. The maximum atomic E-state index is 15.8. The highest BCUT2D eigenvalue weighted by atomic mass is 19.3. The summed E-state index contributed by atoms with van der Waals surface area (Å²) in [5.41, 5.74) is -0.471. The van der Waals surface area contributed by atoms with Crippen LogP contribution in [-0.2, 0) is 4.74 Å². The van der Waals surface area contributed by atoms with Crippen LogP contribution in [0.15, 0.2) is 59.9 Å². The molecule has 2 atom stereocenters. The molecule has 1 amide bonds. The number of ether oxygens (including phenoxy) is 1. The fourth-order valence-corrected chi connectivity index (χ4v) is 5.37. The number of anilines is 3. The Morgan fingerprint density at radius 3 is 2.55 bits per heavy atom. The van der Waals surface area contributed by atoms with E-state index in [1.807, 2.05) is 16.8 Å². The third-order valence-corrected chi connectivity index (χ3v) is 7.89. The first-order chi connectivity index (χ1) is 20.0. The van der Waals surface area contributed by atoms with Crippen LogP contribution in [0, 0.1) is 5.82 Å². The summed E-state index contributed by atoms with van der Waals surface area (Å²) in [6.45, 7) is 10.7. The number of amides is 1. The average molecular weight is 583 g/mol. The van der Waals surface area contributed by atoms with Gasteiger partial charge in [0.25, 0.3) is 12.3 Å². The number of alkyl halides is 2. The van der Waals surface area contributed by atoms with Crippen molar-refractivity contribution in [3.8, 4) is 11.1 Å². The molecule has 12 heteroatoms. The van der Waals surface area contributed by atoms with E-state index in [1.54, 1.807) is 18.3 Å². The van der Waals surface area contributed by atoms with Crippen LogP contribution in [-0.4, -0.2) is 72.7 Å². The number of carbonyl (C=O) groups excluding carboxylic acids is 1. The maximum absolute atomic E-state index is 15.8. The van der Waals surface area contributed by atoms with Crippen molar-refractivity contribution in [2.45, 2.75) is 32.4 Å². The van der Waals surface area contributed by atoms with Crippen LogP contribution in [0.2, 0.25) is 0 Å². The lowest BCUT2D eigenvalue weighted by atomic mass is 10.0. The van der Waals surface area contributed by atoms with Crippen molar-refractivity contribution in [2.75, 3.05) is 55.0 Å². The van der Waals surface area contributed by atoms with Gasteiger partial charge in [0.05, 0.1) is 30.0 Å². The first kappa shape index (κ1) is 29.2. The van der Waals surface area contributed by atoms with Crippen LogP contribution in [0.25, 0.3) is 11.1 Å². The van der Waals surface area contributed by atoms with E-state index in [-0.39, 0.29) is 28.9 Å². The number of nitrogens with zero attached hydrogens (tertiary/aromatic N) is 4. The lowest BCUT2D eigenvalue weighted by Gasteiger charge is -2.44. The molecule has 0 aliphatic carbocycles. The Morgan fingerprint density at radius 2 is 1.90 bits per heavy atom. The zero-order valence-electron chi connectivity index (χ0n) is 23.7. The van der Waals surface area contributed by atoms with E-state index in [1.165, 1.54) is 12.1 Å². The normalized spacial score (nSPS) is 19.6. The van der Waals surface area contributed by atoms with Gasteiger partial charge in [-0.25, -0.2) is 18.2 Å². The van der Waals surface area contributed by atoms with Gasteiger partial charge in [-0.1, -0.05) is 6.58 Å². The van der Waals surface area contributed by atoms with E-state index in [0.29, 0.717) is 61.7 Å². The minimum absolute atomic E-state index is 0.137. The average Bonchev–Trinajstić information content (AvgIpc) is 2.96. The van der Waals surface area contributed by atoms with Crippen LogP contribution in [0.3, 0.4) is 0 Å². The number of likely N-dealkylation sites (N-methyl/N-ethyl adjacent to an activating group) is 1. The molecule has 2 aromatic heterocycles. The first-order valence-electron chi connectivity index (χ1n) is 13.7. The number of morpholine rings is 1. The SMILES string of the molecule is C=C1CN(c2ccc(-c3cc(NC(=O)c4c[nH]c(=O)cc4C(F)F)c(N4C[C@@H](C)N(C)[C@@H](C)C4)cc3F)cn2)CCO1. The van der Waals surface area contributed by atoms with Crippen LogP contribution in [0.1, 0.15) is 36.2 Å². The highest BCUT2D eigenvalue weighted by Gasteiger charge is 2.30. The van der Waals surface area contributed by atoms with E-state index in [0.717, 1.165) is 6.20 Å². The summed E-state index contributed by atoms with van der Waals surface area (Å²) in [5, 5.41) is 2.72. The number of halogens is 3. The number of rotatable bonds is 6. The van der Waals surface area contributed by atoms with E-state index < -0.39 is 29.3 Å². The predicted molar refractivity (Wildman–Crippen MR) is 156 cm³/mol. The van der Waals surface area contributed by atoms with Crippen molar-refractivity contribution in [1.82, 2.24) is 14.9 Å². The largest absolute Gasteiger partial charge is 0.495 e. The van der Waals surface area contributed by atoms with Crippen molar-refractivity contribution in [3.63, 3.8) is 0 Å². The molecule has 0 bridgehead atoms. The van der Waals surface area contributed by atoms with Crippen LogP contribution < -0.4 is 20.7 Å². The third-order valence-electron chi connectivity index (χ3n) is 7.89. The molecule has 2 aliphatic heterocycles. The number of benzene rings is 1. The molecule has 2 N–H and O–H groups in total. The van der Waals surface area contributed by atoms with Gasteiger partial charge in [-0.3, -0.25) is 14.5 Å². The Balaban J connectivity index is 1.53. The van der Waals surface area contributed by atoms with Crippen molar-refractivity contribution < 1.29 is 22.7 Å². The monoisotopic (exact) mass is 582 g/mol. The van der Waals surface area contributed by atoms with Gasteiger partial charge >= 0.3 is 0 Å². The molecule has 42 heavy (non-hydrogen) atoms. The molecule has 2 saturated heterocycles. The van der Waals surface area contributed by atoms with Gasteiger partial charge in [-0.05, 0) is 45.2 Å². The number of nitrogens with one attached hydrogen (secondary N) is 2. The Morgan fingerprint density at radius 1 is 1.17 bits per heavy atom. The summed E-state index contributed by atoms with van der Waals surface area (Å²) in [5.74, 6) is -0.0450. The summed E-state index contributed by atoms with van der Waals surface area (Å²) in [6, 6.07) is 7.35. The van der Waals surface area contributed by atoms with Crippen molar-refractivity contribution in [1.29, 1.82) is 0 Å². The van der Waals surface area contributed by atoms with Crippen LogP contribution in [0.4, 0.5) is 30.4 Å². The van der Waals surface area contributed by atoms with Gasteiger partial charge in [0.2, 0.25) is 5.56 Å². The fourth-order valence-electron chi connectivity index (χ4n) is 5.37. The number of aromatic nitrogens is 2. The zero-order valence-corrected chi connectivity index (χ0v) is 23.7. The summed E-state index contributed by atoms with van der Waals surface area (Å²) in [7, 11) is 2.02. The quantitative estimate of drug-likeness (QED) is 0.437. The molecule has 2 fully saturated rings. The predicted octanol–water partition coefficient (Wildman–Crippen LogP) is 4.65. The molecule has 1 aromatic carbocycles. The molecular formula is C30H33F3N6O3. The second-order valence-corrected chi connectivity index (χ2v) is 10.8. The number of hydrogen-bond donors (Lipinski definition) is 2. The summed E-state index contributed by atoms with van der Waals surface area (Å²) < 4.78 is 48.6. The number of aromatic amines is 1. The van der Waals surface area contributed by atoms with Gasteiger partial charge in [0.1, 0.15) is 24.0 Å². The van der Waals surface area contributed by atoms with Gasteiger partial charge in [0.15, 0.2) is 0 Å². The van der Waals surface area contributed by atoms with Gasteiger partial charge in [0, 0.05) is 60.3 Å². The van der Waals surface area contributed by atoms with E-state index in [2.05, 4.69) is 40.6 Å². The maximum Gasteiger partial charge on any atom is 0.264 e. The molecule has 9 nitrogen and oxygen atoms in total. The second kappa shape index (κ2) is 11.9. The topological polar surface area (TPSA) is 93.8 Å². The highest BCUT2D eigenvalue weighted by molar-refractivity contribution is 6.07. The standard InChI is InChI=1S/C30H33F3N6O3/c1-17-14-39(15-18(2)37(17)4)26-11-24(31)21(20-5-6-27(34-12-20)38-7-8-42-19(3)16-38)9-25(26)36-30(41)23-13-35-28(40)10-22(23)29(32)33/h5-6,9-13,17-18,29H,3,7-8,14-16H2,1-2,4H3,(H,35,40)(H,36,41)/t17-,18+. The fraction of sp³-hybridized carbons (Fsp3) is 0.367. The molecule has 0 radical (unpaired) electrons. The van der Waals surface area contributed by atoms with E-state index >= 15 is 4.39 Å². The Hall–Kier alpha value is -4.32. The number of piperazine rings is 1. The Labute approximate surface area is 241 Å². The lowest BCUT2D eigenvalue weighted by molar-refractivity contribution is 0.101. The van der Waals surface area contributed by atoms with E-state index in [9.17, 15) is 18.4 Å². The Bertz CT molecular complexity index is 1530. The highest BCUT2D eigenvalue weighted by Crippen LogP contribution is 2.37. The van der Waals surface area contributed by atoms with Gasteiger partial charge in [-0.15, -0.1) is 0 Å². The molecule has 0 saturated carbocycles. The molecule has 222 valence electrons. The Kier molecular flexibility index (Phi) is 8.26. The minimum Gasteiger partial charge on any atom is -0.495 e. The number of carbonyl (C=O) groups is 1. The van der Waals surface area contributed by atoms with Crippen molar-refractivity contribution in [2.24, 2.45) is 0 Å². The number of hydrogen-bond acceptors (Lipinski definition) is 7. The molecule has 3 aromatic rings. The molecular weight excluding hydrogens is 549 g/mol.